The van der Waals surface area contributed by atoms with Gasteiger partial charge in [-0.2, -0.15) is 0 Å². The second-order valence-electron chi connectivity index (χ2n) is 5.47. The fraction of sp³-hybridized carbons (Fsp3) is 0. The number of fused-ring (bicyclic) bond motifs is 2. The lowest BCUT2D eigenvalue weighted by Gasteiger charge is -2.06. The highest BCUT2D eigenvalue weighted by molar-refractivity contribution is 5.88. The van der Waals surface area contributed by atoms with Gasteiger partial charge in [-0.1, -0.05) is 91.0 Å². The third-order valence-corrected chi connectivity index (χ3v) is 4.07. The van der Waals surface area contributed by atoms with Gasteiger partial charge < -0.3 is 0 Å². The molecule has 0 nitrogen and oxygen atoms in total. The van der Waals surface area contributed by atoms with Crippen molar-refractivity contribution in [2.75, 3.05) is 0 Å². The molecule has 4 rings (SSSR count). The minimum Gasteiger partial charge on any atom is -0.0622 e. The summed E-state index contributed by atoms with van der Waals surface area (Å²) in [6.07, 6.45) is 6.71. The smallest absolute Gasteiger partial charge is 0.00992 e. The van der Waals surface area contributed by atoms with Crippen molar-refractivity contribution in [3.63, 3.8) is 0 Å². The Morgan fingerprint density at radius 1 is 0.455 bits per heavy atom. The van der Waals surface area contributed by atoms with E-state index in [1.54, 1.807) is 0 Å². The zero-order chi connectivity index (χ0) is 14.8. The first kappa shape index (κ1) is 12.8. The highest BCUT2D eigenvalue weighted by Crippen LogP contribution is 2.11. The Morgan fingerprint density at radius 2 is 1.05 bits per heavy atom. The van der Waals surface area contributed by atoms with E-state index >= 15 is 0 Å². The maximum absolute atomic E-state index is 2.30. The first-order valence-electron chi connectivity index (χ1n) is 7.55. The first-order valence-corrected chi connectivity index (χ1v) is 7.55. The molecule has 0 saturated carbocycles. The molecule has 3 aromatic rings. The van der Waals surface area contributed by atoms with Gasteiger partial charge in [-0.25, -0.2) is 0 Å². The summed E-state index contributed by atoms with van der Waals surface area (Å²) in [5, 5.41) is 5.05. The van der Waals surface area contributed by atoms with Crippen molar-refractivity contribution >= 4 is 23.8 Å². The van der Waals surface area contributed by atoms with E-state index in [4.69, 9.17) is 0 Å². The van der Waals surface area contributed by atoms with Crippen LogP contribution in [0.15, 0.2) is 78.9 Å². The summed E-state index contributed by atoms with van der Waals surface area (Å²) in [7, 11) is 0. The van der Waals surface area contributed by atoms with Crippen molar-refractivity contribution in [2.24, 2.45) is 0 Å². The fourth-order valence-electron chi connectivity index (χ4n) is 2.95. The molecule has 0 heteroatoms. The molecule has 1 aliphatic carbocycles. The van der Waals surface area contributed by atoms with Crippen LogP contribution in [0.3, 0.4) is 0 Å². The zero-order valence-corrected chi connectivity index (χ0v) is 12.2. The Balaban J connectivity index is 2.20. The molecule has 0 amide bonds. The molecule has 0 atom stereocenters. The van der Waals surface area contributed by atoms with Crippen LogP contribution in [0.1, 0.15) is 5.56 Å². The Hall–Kier alpha value is -2.86. The maximum Gasteiger partial charge on any atom is -0.00992 e. The summed E-state index contributed by atoms with van der Waals surface area (Å²) in [5.74, 6) is 0. The minimum absolute atomic E-state index is 1.25. The maximum atomic E-state index is 2.30. The normalized spacial score (nSPS) is 19.7. The van der Waals surface area contributed by atoms with Gasteiger partial charge in [-0.3, -0.25) is 0 Å². The molecule has 3 aromatic carbocycles. The molecular formula is C22H16. The monoisotopic (exact) mass is 280 g/mol. The van der Waals surface area contributed by atoms with Crippen LogP contribution < -0.4 is 20.9 Å². The molecule has 0 radical (unpaired) electrons. The van der Waals surface area contributed by atoms with Crippen LogP contribution in [0.4, 0.5) is 0 Å². The molecule has 1 aliphatic rings. The standard InChI is InChI=1S/C22H16/c1-2-9-18(10-3-1)22-16-20-12-5-4-8-17(20)14-15-19-11-6-7-13-21(19)22/h1-16H/b15-14?,17-14-,19-15+,20-16+,22-16?,22-21+. The van der Waals surface area contributed by atoms with E-state index in [0.29, 0.717) is 0 Å². The van der Waals surface area contributed by atoms with Crippen molar-refractivity contribution in [3.8, 4) is 0 Å². The van der Waals surface area contributed by atoms with E-state index in [-0.39, 0.29) is 0 Å². The fourth-order valence-corrected chi connectivity index (χ4v) is 2.95. The molecule has 104 valence electrons. The first-order chi connectivity index (χ1) is 10.9. The van der Waals surface area contributed by atoms with Crippen LogP contribution >= 0.6 is 0 Å². The highest BCUT2D eigenvalue weighted by Gasteiger charge is 2.01. The predicted molar refractivity (Wildman–Crippen MR) is 93.7 cm³/mol. The lowest BCUT2D eigenvalue weighted by atomic mass is 9.98. The third-order valence-electron chi connectivity index (χ3n) is 4.07. The topological polar surface area (TPSA) is 0 Å². The summed E-state index contributed by atoms with van der Waals surface area (Å²) in [4.78, 5) is 0. The van der Waals surface area contributed by atoms with Gasteiger partial charge in [0.25, 0.3) is 0 Å². The van der Waals surface area contributed by atoms with Gasteiger partial charge in [0, 0.05) is 0 Å². The van der Waals surface area contributed by atoms with E-state index in [0.717, 1.165) is 0 Å². The molecule has 0 heterocycles. The number of benzene rings is 3. The van der Waals surface area contributed by atoms with E-state index in [1.807, 2.05) is 0 Å². The minimum atomic E-state index is 1.25. The van der Waals surface area contributed by atoms with Crippen LogP contribution in [0.2, 0.25) is 0 Å². The zero-order valence-electron chi connectivity index (χ0n) is 12.2. The summed E-state index contributed by atoms with van der Waals surface area (Å²) < 4.78 is 0. The summed E-state index contributed by atoms with van der Waals surface area (Å²) in [6.45, 7) is 0. The lowest BCUT2D eigenvalue weighted by Crippen LogP contribution is -2.31. The van der Waals surface area contributed by atoms with Crippen molar-refractivity contribution in [2.45, 2.75) is 0 Å². The molecule has 22 heavy (non-hydrogen) atoms. The van der Waals surface area contributed by atoms with Gasteiger partial charge in [0.05, 0.1) is 0 Å². The van der Waals surface area contributed by atoms with Crippen molar-refractivity contribution < 1.29 is 0 Å². The van der Waals surface area contributed by atoms with Crippen molar-refractivity contribution in [3.05, 3.63) is 105 Å². The molecule has 0 fully saturated rings. The number of rotatable bonds is 1. The van der Waals surface area contributed by atoms with Crippen LogP contribution in [-0.4, -0.2) is 0 Å². The highest BCUT2D eigenvalue weighted by atomic mass is 14.1. The molecule has 0 spiro atoms. The molecule has 0 unspecified atom stereocenters. The van der Waals surface area contributed by atoms with Gasteiger partial charge in [0.1, 0.15) is 0 Å². The Kier molecular flexibility index (Phi) is 3.21. The molecule has 0 N–H and O–H groups in total. The van der Waals surface area contributed by atoms with E-state index in [2.05, 4.69) is 97.1 Å². The van der Waals surface area contributed by atoms with Gasteiger partial charge in [0.15, 0.2) is 0 Å². The summed E-state index contributed by atoms with van der Waals surface area (Å²) in [6, 6.07) is 27.7. The Bertz CT molecular complexity index is 1050. The quantitative estimate of drug-likeness (QED) is 0.639. The molecular weight excluding hydrogens is 264 g/mol. The van der Waals surface area contributed by atoms with Crippen molar-refractivity contribution in [1.82, 2.24) is 0 Å². The number of hydrogen-bond acceptors (Lipinski definition) is 0. The van der Waals surface area contributed by atoms with Crippen LogP contribution in [0.25, 0.3) is 23.8 Å². The second kappa shape index (κ2) is 5.50. The van der Waals surface area contributed by atoms with Crippen LogP contribution in [0.5, 0.6) is 0 Å². The SMILES string of the molecule is C1=c2/cccc/c2=C\C(c2ccccc2)=c2\cccc\c2=C/1. The van der Waals surface area contributed by atoms with Crippen LogP contribution in [-0.2, 0) is 0 Å². The lowest BCUT2D eigenvalue weighted by molar-refractivity contribution is 1.46. The average molecular weight is 280 g/mol. The van der Waals surface area contributed by atoms with E-state index < -0.39 is 0 Å². The van der Waals surface area contributed by atoms with Crippen LogP contribution in [0, 0.1) is 0 Å². The average Bonchev–Trinajstić information content (AvgIpc) is 2.58. The van der Waals surface area contributed by atoms with Gasteiger partial charge in [-0.05, 0) is 38.1 Å². The van der Waals surface area contributed by atoms with E-state index in [9.17, 15) is 0 Å². The predicted octanol–water partition coefficient (Wildman–Crippen LogP) is 1.94. The van der Waals surface area contributed by atoms with Gasteiger partial charge >= 0.3 is 0 Å². The third kappa shape index (κ3) is 2.29. The Labute approximate surface area is 129 Å². The largest absolute Gasteiger partial charge is 0.0622 e. The number of hydrogen-bond donors (Lipinski definition) is 0. The summed E-state index contributed by atoms with van der Waals surface area (Å²) in [5.41, 5.74) is 2.52. The summed E-state index contributed by atoms with van der Waals surface area (Å²) >= 11 is 0. The molecule has 0 bridgehead atoms. The molecule has 0 aromatic heterocycles. The van der Waals surface area contributed by atoms with Gasteiger partial charge in [0.2, 0.25) is 0 Å². The molecule has 0 saturated heterocycles. The van der Waals surface area contributed by atoms with E-state index in [1.165, 1.54) is 32.0 Å². The second-order valence-corrected chi connectivity index (χ2v) is 5.47. The molecule has 0 aliphatic heterocycles. The van der Waals surface area contributed by atoms with Crippen molar-refractivity contribution in [1.29, 1.82) is 0 Å². The Morgan fingerprint density at radius 3 is 1.86 bits per heavy atom. The van der Waals surface area contributed by atoms with Gasteiger partial charge in [-0.15, -0.1) is 0 Å².